The highest BCUT2D eigenvalue weighted by atomic mass is 16.2. The molecule has 158 valence electrons. The van der Waals surface area contributed by atoms with Crippen LogP contribution < -0.4 is 16.1 Å². The number of nitrogens with one attached hydrogen (secondary N) is 3. The van der Waals surface area contributed by atoms with Crippen LogP contribution in [0.25, 0.3) is 0 Å². The van der Waals surface area contributed by atoms with Crippen LogP contribution in [-0.2, 0) is 15.1 Å². The molecule has 0 spiro atoms. The third-order valence-electron chi connectivity index (χ3n) is 5.43. The zero-order valence-corrected chi connectivity index (χ0v) is 17.5. The van der Waals surface area contributed by atoms with Gasteiger partial charge in [-0.1, -0.05) is 81.4 Å². The van der Waals surface area contributed by atoms with Crippen molar-refractivity contribution in [1.82, 2.24) is 21.1 Å². The predicted octanol–water partition coefficient (Wildman–Crippen LogP) is 2.86. The summed E-state index contributed by atoms with van der Waals surface area (Å²) in [5.74, 6) is -0.694. The van der Waals surface area contributed by atoms with Crippen LogP contribution in [-0.4, -0.2) is 29.4 Å². The Bertz CT molecular complexity index is 901. The molecule has 2 atom stereocenters. The minimum absolute atomic E-state index is 0.0285. The van der Waals surface area contributed by atoms with Crippen molar-refractivity contribution in [2.45, 2.75) is 38.8 Å². The fourth-order valence-corrected chi connectivity index (χ4v) is 3.80. The molecule has 3 N–H and O–H groups in total. The number of carbonyl (C=O) groups is 3. The Morgan fingerprint density at radius 2 is 1.63 bits per heavy atom. The first kappa shape index (κ1) is 21.5. The number of nitrogens with zero attached hydrogens (tertiary/aromatic N) is 1. The van der Waals surface area contributed by atoms with Gasteiger partial charge in [0.05, 0.1) is 6.54 Å². The van der Waals surface area contributed by atoms with E-state index in [9.17, 15) is 14.4 Å². The number of hydrazine groups is 1. The summed E-state index contributed by atoms with van der Waals surface area (Å²) >= 11 is 0. The number of rotatable bonds is 8. The Labute approximate surface area is 176 Å². The monoisotopic (exact) mass is 408 g/mol. The summed E-state index contributed by atoms with van der Waals surface area (Å²) in [4.78, 5) is 38.1. The van der Waals surface area contributed by atoms with Crippen LogP contribution >= 0.6 is 0 Å². The van der Waals surface area contributed by atoms with Crippen molar-refractivity contribution in [2.24, 2.45) is 5.92 Å². The van der Waals surface area contributed by atoms with Crippen LogP contribution in [0.4, 0.5) is 4.79 Å². The number of amides is 4. The zero-order valence-electron chi connectivity index (χ0n) is 17.5. The Kier molecular flexibility index (Phi) is 6.52. The van der Waals surface area contributed by atoms with E-state index in [4.69, 9.17) is 0 Å². The van der Waals surface area contributed by atoms with Crippen molar-refractivity contribution < 1.29 is 14.4 Å². The first-order valence-electron chi connectivity index (χ1n) is 10.2. The van der Waals surface area contributed by atoms with Gasteiger partial charge in [-0.15, -0.1) is 0 Å². The molecule has 0 saturated carbocycles. The Hall–Kier alpha value is -3.19. The quantitative estimate of drug-likeness (QED) is 0.586. The lowest BCUT2D eigenvalue weighted by Gasteiger charge is -2.26. The average Bonchev–Trinajstić information content (AvgIpc) is 3.00. The van der Waals surface area contributed by atoms with E-state index in [0.717, 1.165) is 10.6 Å². The average molecular weight is 409 g/mol. The summed E-state index contributed by atoms with van der Waals surface area (Å²) in [6.07, 6.45) is 0.371. The molecule has 7 heteroatoms. The fourth-order valence-electron chi connectivity index (χ4n) is 3.80. The minimum atomic E-state index is -1.18. The highest BCUT2D eigenvalue weighted by Crippen LogP contribution is 2.31. The Morgan fingerprint density at radius 1 is 1.03 bits per heavy atom. The van der Waals surface area contributed by atoms with Gasteiger partial charge in [0.2, 0.25) is 0 Å². The van der Waals surface area contributed by atoms with Crippen LogP contribution in [0.3, 0.4) is 0 Å². The SMILES string of the molecule is CC[C@@]1(c2ccccc2)NC(=O)N(NC(=O)CN[C@H](c2ccccc2)C(C)C)C1=O. The molecule has 3 rings (SSSR count). The Morgan fingerprint density at radius 3 is 2.20 bits per heavy atom. The van der Waals surface area contributed by atoms with Crippen molar-refractivity contribution in [3.63, 3.8) is 0 Å². The van der Waals surface area contributed by atoms with E-state index < -0.39 is 23.4 Å². The maximum absolute atomic E-state index is 13.1. The number of carbonyl (C=O) groups excluding carboxylic acids is 3. The summed E-state index contributed by atoms with van der Waals surface area (Å²) in [7, 11) is 0. The highest BCUT2D eigenvalue weighted by molar-refractivity contribution is 6.08. The lowest BCUT2D eigenvalue weighted by atomic mass is 9.87. The number of benzene rings is 2. The predicted molar refractivity (Wildman–Crippen MR) is 114 cm³/mol. The van der Waals surface area contributed by atoms with Crippen molar-refractivity contribution in [3.8, 4) is 0 Å². The normalized spacial score (nSPS) is 19.7. The van der Waals surface area contributed by atoms with Gasteiger partial charge in [0, 0.05) is 6.04 Å². The third kappa shape index (κ3) is 4.21. The molecule has 1 heterocycles. The molecule has 0 aromatic heterocycles. The minimum Gasteiger partial charge on any atom is -0.318 e. The molecule has 30 heavy (non-hydrogen) atoms. The van der Waals surface area contributed by atoms with Gasteiger partial charge in [0.15, 0.2) is 0 Å². The van der Waals surface area contributed by atoms with E-state index in [-0.39, 0.29) is 18.5 Å². The molecule has 0 unspecified atom stereocenters. The summed E-state index contributed by atoms with van der Waals surface area (Å²) in [6, 6.07) is 18.2. The third-order valence-corrected chi connectivity index (χ3v) is 5.43. The summed E-state index contributed by atoms with van der Waals surface area (Å²) in [6.45, 7) is 5.93. The van der Waals surface area contributed by atoms with Gasteiger partial charge in [0.25, 0.3) is 11.8 Å². The molecule has 0 radical (unpaired) electrons. The standard InChI is InChI=1S/C23H28N4O3/c1-4-23(18-13-9-6-10-14-18)21(29)27(22(30)25-23)26-19(28)15-24-20(16(2)3)17-11-7-5-8-12-17/h5-14,16,20,24H,4,15H2,1-3H3,(H,25,30)(H,26,28)/t20-,23-/m0/s1. The second-order valence-corrected chi connectivity index (χ2v) is 7.74. The summed E-state index contributed by atoms with van der Waals surface area (Å²) < 4.78 is 0. The first-order valence-corrected chi connectivity index (χ1v) is 10.2. The van der Waals surface area contributed by atoms with Gasteiger partial charge in [-0.05, 0) is 23.5 Å². The van der Waals surface area contributed by atoms with Gasteiger partial charge < -0.3 is 10.6 Å². The molecule has 0 bridgehead atoms. The first-order chi connectivity index (χ1) is 14.4. The molecule has 7 nitrogen and oxygen atoms in total. The largest absolute Gasteiger partial charge is 0.344 e. The van der Waals surface area contributed by atoms with Crippen LogP contribution in [0.1, 0.15) is 44.4 Å². The van der Waals surface area contributed by atoms with Gasteiger partial charge >= 0.3 is 6.03 Å². The molecule has 1 saturated heterocycles. The molecule has 2 aromatic rings. The zero-order chi connectivity index (χ0) is 21.7. The van der Waals surface area contributed by atoms with Crippen LogP contribution in [0.2, 0.25) is 0 Å². The summed E-state index contributed by atoms with van der Waals surface area (Å²) in [5, 5.41) is 6.76. The number of hydrogen-bond donors (Lipinski definition) is 3. The second-order valence-electron chi connectivity index (χ2n) is 7.74. The maximum atomic E-state index is 13.1. The molecule has 1 aliphatic rings. The molecular formula is C23H28N4O3. The van der Waals surface area contributed by atoms with Crippen molar-refractivity contribution >= 4 is 17.8 Å². The molecule has 4 amide bonds. The molecular weight excluding hydrogens is 380 g/mol. The van der Waals surface area contributed by atoms with Gasteiger partial charge in [0.1, 0.15) is 5.54 Å². The van der Waals surface area contributed by atoms with E-state index in [1.54, 1.807) is 12.1 Å². The smallest absolute Gasteiger partial charge is 0.318 e. The van der Waals surface area contributed by atoms with Crippen LogP contribution in [0.15, 0.2) is 60.7 Å². The number of urea groups is 1. The van der Waals surface area contributed by atoms with Gasteiger partial charge in [-0.25, -0.2) is 4.79 Å². The summed E-state index contributed by atoms with van der Waals surface area (Å²) in [5.41, 5.74) is 3.03. The van der Waals surface area contributed by atoms with E-state index in [1.165, 1.54) is 0 Å². The Balaban J connectivity index is 1.68. The number of imide groups is 1. The number of hydrogen-bond acceptors (Lipinski definition) is 4. The lowest BCUT2D eigenvalue weighted by Crippen LogP contribution is -2.51. The van der Waals surface area contributed by atoms with Crippen molar-refractivity contribution in [2.75, 3.05) is 6.54 Å². The molecule has 1 fully saturated rings. The van der Waals surface area contributed by atoms with E-state index in [1.807, 2.05) is 55.5 Å². The fraction of sp³-hybridized carbons (Fsp3) is 0.348. The van der Waals surface area contributed by atoms with E-state index >= 15 is 0 Å². The van der Waals surface area contributed by atoms with Crippen LogP contribution in [0, 0.1) is 5.92 Å². The van der Waals surface area contributed by atoms with E-state index in [0.29, 0.717) is 12.0 Å². The topological polar surface area (TPSA) is 90.5 Å². The van der Waals surface area contributed by atoms with Crippen molar-refractivity contribution in [3.05, 3.63) is 71.8 Å². The molecule has 0 aliphatic carbocycles. The van der Waals surface area contributed by atoms with Crippen LogP contribution in [0.5, 0.6) is 0 Å². The molecule has 2 aromatic carbocycles. The van der Waals surface area contributed by atoms with Crippen molar-refractivity contribution in [1.29, 1.82) is 0 Å². The van der Waals surface area contributed by atoms with Gasteiger partial charge in [-0.2, -0.15) is 5.01 Å². The molecule has 1 aliphatic heterocycles. The van der Waals surface area contributed by atoms with Gasteiger partial charge in [-0.3, -0.25) is 15.0 Å². The maximum Gasteiger partial charge on any atom is 0.344 e. The van der Waals surface area contributed by atoms with E-state index in [2.05, 4.69) is 29.9 Å². The lowest BCUT2D eigenvalue weighted by molar-refractivity contribution is -0.139. The second kappa shape index (κ2) is 9.09. The highest BCUT2D eigenvalue weighted by Gasteiger charge is 2.52.